The van der Waals surface area contributed by atoms with Crippen LogP contribution in [0.15, 0.2) is 60.8 Å². The van der Waals surface area contributed by atoms with Gasteiger partial charge in [-0.1, -0.05) is 6.07 Å². The van der Waals surface area contributed by atoms with Gasteiger partial charge >= 0.3 is 5.97 Å². The highest BCUT2D eigenvalue weighted by Gasteiger charge is 2.17. The first kappa shape index (κ1) is 20.3. The van der Waals surface area contributed by atoms with E-state index in [4.69, 9.17) is 14.5 Å². The number of carbonyl (C=O) groups excluding carboxylic acids is 1. The minimum Gasteiger partial charge on any atom is -0.504 e. The zero-order valence-corrected chi connectivity index (χ0v) is 17.5. The van der Waals surface area contributed by atoms with Gasteiger partial charge in [-0.25, -0.2) is 9.78 Å². The number of pyridine rings is 1. The third-order valence-corrected chi connectivity index (χ3v) is 4.88. The molecular formula is C24H23N3O4. The maximum absolute atomic E-state index is 11.9. The van der Waals surface area contributed by atoms with Gasteiger partial charge in [-0.15, -0.1) is 0 Å². The number of anilines is 2. The molecule has 0 bridgehead atoms. The Labute approximate surface area is 179 Å². The lowest BCUT2D eigenvalue weighted by Crippen LogP contribution is -2.04. The highest BCUT2D eigenvalue weighted by Crippen LogP contribution is 2.36. The summed E-state index contributed by atoms with van der Waals surface area (Å²) in [6.07, 6.45) is 2.00. The van der Waals surface area contributed by atoms with Crippen LogP contribution in [-0.2, 0) is 4.74 Å². The van der Waals surface area contributed by atoms with E-state index >= 15 is 0 Å². The summed E-state index contributed by atoms with van der Waals surface area (Å²) in [6.45, 7) is 4.13. The average Bonchev–Trinajstić information content (AvgIpc) is 3.12. The topological polar surface area (TPSA) is 85.1 Å². The molecule has 2 aromatic heterocycles. The second-order valence-electron chi connectivity index (χ2n) is 7.05. The van der Waals surface area contributed by atoms with Crippen LogP contribution in [0.2, 0.25) is 0 Å². The molecule has 0 atom stereocenters. The summed E-state index contributed by atoms with van der Waals surface area (Å²) in [6, 6.07) is 16.2. The van der Waals surface area contributed by atoms with Gasteiger partial charge < -0.3 is 19.9 Å². The van der Waals surface area contributed by atoms with Gasteiger partial charge in [-0.2, -0.15) is 0 Å². The summed E-state index contributed by atoms with van der Waals surface area (Å²) in [4.78, 5) is 16.7. The monoisotopic (exact) mass is 417 g/mol. The maximum atomic E-state index is 11.9. The fraction of sp³-hybridized carbons (Fsp3) is 0.167. The molecule has 2 N–H and O–H groups in total. The molecular weight excluding hydrogens is 394 g/mol. The third-order valence-electron chi connectivity index (χ3n) is 4.88. The first-order valence-electron chi connectivity index (χ1n) is 9.90. The van der Waals surface area contributed by atoms with E-state index in [-0.39, 0.29) is 11.7 Å². The molecule has 7 nitrogen and oxygen atoms in total. The Balaban J connectivity index is 1.78. The number of aromatic hydroxyl groups is 1. The number of hydrogen-bond donors (Lipinski definition) is 2. The Bertz CT molecular complexity index is 1250. The zero-order chi connectivity index (χ0) is 22.0. The number of nitrogens with one attached hydrogen (secondary N) is 1. The van der Waals surface area contributed by atoms with E-state index in [0.717, 1.165) is 28.3 Å². The Kier molecular flexibility index (Phi) is 5.49. The van der Waals surface area contributed by atoms with E-state index in [0.29, 0.717) is 23.6 Å². The van der Waals surface area contributed by atoms with E-state index in [1.807, 2.05) is 41.8 Å². The highest BCUT2D eigenvalue weighted by atomic mass is 16.5. The molecule has 0 fully saturated rings. The number of ether oxygens (including phenoxy) is 2. The van der Waals surface area contributed by atoms with Crippen molar-refractivity contribution < 1.29 is 19.4 Å². The Morgan fingerprint density at radius 3 is 2.61 bits per heavy atom. The Hall–Kier alpha value is -4.00. The lowest BCUT2D eigenvalue weighted by atomic mass is 10.1. The summed E-state index contributed by atoms with van der Waals surface area (Å²) in [7, 11) is 1.51. The van der Waals surface area contributed by atoms with Crippen LogP contribution in [0.5, 0.6) is 11.5 Å². The molecule has 0 aliphatic carbocycles. The molecule has 4 rings (SSSR count). The van der Waals surface area contributed by atoms with Gasteiger partial charge in [-0.3, -0.25) is 4.40 Å². The number of imidazole rings is 1. The number of phenols is 1. The van der Waals surface area contributed by atoms with Crippen LogP contribution in [0.25, 0.3) is 16.9 Å². The SMILES string of the molecule is CCOC(=O)c1ccc(Nc2c(-c3ccc(O)c(OC)c3)nc3ccc(C)cn23)cc1. The highest BCUT2D eigenvalue weighted by molar-refractivity contribution is 5.90. The second kappa shape index (κ2) is 8.39. The van der Waals surface area contributed by atoms with Gasteiger partial charge in [-0.05, 0) is 67.9 Å². The predicted molar refractivity (Wildman–Crippen MR) is 119 cm³/mol. The van der Waals surface area contributed by atoms with E-state index < -0.39 is 0 Å². The summed E-state index contributed by atoms with van der Waals surface area (Å²) in [5, 5.41) is 13.4. The molecule has 0 aliphatic heterocycles. The maximum Gasteiger partial charge on any atom is 0.338 e. The van der Waals surface area contributed by atoms with Crippen LogP contribution in [-0.4, -0.2) is 34.2 Å². The summed E-state index contributed by atoms with van der Waals surface area (Å²) in [5.41, 5.74) is 4.65. The van der Waals surface area contributed by atoms with Crippen LogP contribution in [0, 0.1) is 6.92 Å². The molecule has 0 amide bonds. The van der Waals surface area contributed by atoms with Crippen molar-refractivity contribution in [1.29, 1.82) is 0 Å². The number of nitrogens with zero attached hydrogens (tertiary/aromatic N) is 2. The van der Waals surface area contributed by atoms with Crippen molar-refractivity contribution in [3.05, 3.63) is 71.9 Å². The predicted octanol–water partition coefficient (Wildman–Crippen LogP) is 4.94. The number of methoxy groups -OCH3 is 1. The molecule has 0 saturated carbocycles. The van der Waals surface area contributed by atoms with Crippen molar-refractivity contribution in [2.45, 2.75) is 13.8 Å². The van der Waals surface area contributed by atoms with E-state index in [1.165, 1.54) is 7.11 Å². The molecule has 2 heterocycles. The largest absolute Gasteiger partial charge is 0.504 e. The summed E-state index contributed by atoms with van der Waals surface area (Å²) >= 11 is 0. The minimum absolute atomic E-state index is 0.0647. The van der Waals surface area contributed by atoms with Gasteiger partial charge in [0.05, 0.1) is 19.3 Å². The number of hydrogen-bond acceptors (Lipinski definition) is 6. The number of carbonyl (C=O) groups is 1. The first-order valence-corrected chi connectivity index (χ1v) is 9.90. The number of benzene rings is 2. The van der Waals surface area contributed by atoms with Gasteiger partial charge in [0.15, 0.2) is 11.5 Å². The fourth-order valence-corrected chi connectivity index (χ4v) is 3.34. The first-order chi connectivity index (χ1) is 15.0. The second-order valence-corrected chi connectivity index (χ2v) is 7.05. The number of rotatable bonds is 6. The van der Waals surface area contributed by atoms with Crippen molar-refractivity contribution in [3.8, 4) is 22.8 Å². The standard InChI is InChI=1S/C24H23N3O4/c1-4-31-24(29)16-6-9-18(10-7-16)25-23-22(17-8-11-19(28)20(13-17)30-3)26-21-12-5-15(2)14-27(21)23/h5-14,25,28H,4H2,1-3H3. The van der Waals surface area contributed by atoms with Gasteiger partial charge in [0, 0.05) is 17.4 Å². The number of aromatic nitrogens is 2. The smallest absolute Gasteiger partial charge is 0.338 e. The van der Waals surface area contributed by atoms with Crippen molar-refractivity contribution >= 4 is 23.1 Å². The average molecular weight is 417 g/mol. The lowest BCUT2D eigenvalue weighted by molar-refractivity contribution is 0.0526. The van der Waals surface area contributed by atoms with E-state index in [2.05, 4.69) is 5.32 Å². The van der Waals surface area contributed by atoms with Gasteiger partial charge in [0.25, 0.3) is 0 Å². The van der Waals surface area contributed by atoms with Crippen molar-refractivity contribution in [2.24, 2.45) is 0 Å². The molecule has 4 aromatic rings. The van der Waals surface area contributed by atoms with Crippen LogP contribution in [0.3, 0.4) is 0 Å². The number of aryl methyl sites for hydroxylation is 1. The number of esters is 1. The lowest BCUT2D eigenvalue weighted by Gasteiger charge is -2.11. The molecule has 0 aliphatic rings. The molecule has 2 aromatic carbocycles. The minimum atomic E-state index is -0.351. The van der Waals surface area contributed by atoms with Crippen LogP contribution in [0.4, 0.5) is 11.5 Å². The van der Waals surface area contributed by atoms with Crippen molar-refractivity contribution in [3.63, 3.8) is 0 Å². The normalized spacial score (nSPS) is 10.8. The quantitative estimate of drug-likeness (QED) is 0.432. The molecule has 0 unspecified atom stereocenters. The Morgan fingerprint density at radius 1 is 1.13 bits per heavy atom. The van der Waals surface area contributed by atoms with E-state index in [9.17, 15) is 9.90 Å². The van der Waals surface area contributed by atoms with Gasteiger partial charge in [0.1, 0.15) is 17.2 Å². The van der Waals surface area contributed by atoms with Crippen molar-refractivity contribution in [1.82, 2.24) is 9.38 Å². The number of fused-ring (bicyclic) bond motifs is 1. The molecule has 31 heavy (non-hydrogen) atoms. The molecule has 0 radical (unpaired) electrons. The molecule has 0 spiro atoms. The Morgan fingerprint density at radius 2 is 1.90 bits per heavy atom. The van der Waals surface area contributed by atoms with Crippen LogP contribution < -0.4 is 10.1 Å². The molecule has 158 valence electrons. The van der Waals surface area contributed by atoms with Crippen LogP contribution in [0.1, 0.15) is 22.8 Å². The fourth-order valence-electron chi connectivity index (χ4n) is 3.34. The zero-order valence-electron chi connectivity index (χ0n) is 17.5. The summed E-state index contributed by atoms with van der Waals surface area (Å²) in [5.74, 6) is 0.845. The van der Waals surface area contributed by atoms with Crippen LogP contribution >= 0.6 is 0 Å². The van der Waals surface area contributed by atoms with E-state index in [1.54, 1.807) is 37.3 Å². The number of phenolic OH excluding ortho intramolecular Hbond substituents is 1. The van der Waals surface area contributed by atoms with Gasteiger partial charge in [0.2, 0.25) is 0 Å². The molecule has 7 heteroatoms. The molecule has 0 saturated heterocycles. The van der Waals surface area contributed by atoms with Crippen molar-refractivity contribution in [2.75, 3.05) is 19.0 Å². The third kappa shape index (κ3) is 4.02. The summed E-state index contributed by atoms with van der Waals surface area (Å²) < 4.78 is 12.3.